The highest BCUT2D eigenvalue weighted by molar-refractivity contribution is 7.18. The molecule has 2 aromatic heterocycles. The summed E-state index contributed by atoms with van der Waals surface area (Å²) in [5.74, 6) is 0. The third-order valence-electron chi connectivity index (χ3n) is 2.98. The fourth-order valence-corrected chi connectivity index (χ4v) is 2.86. The molecule has 1 saturated carbocycles. The third-order valence-corrected chi connectivity index (χ3v) is 3.87. The van der Waals surface area contributed by atoms with Crippen molar-refractivity contribution < 1.29 is 0 Å². The van der Waals surface area contributed by atoms with Crippen LogP contribution in [0.25, 0.3) is 10.6 Å². The molecule has 1 N–H and O–H groups in total. The summed E-state index contributed by atoms with van der Waals surface area (Å²) >= 11 is 1.42. The normalized spacial score (nSPS) is 14.9. The van der Waals surface area contributed by atoms with Gasteiger partial charge >= 0.3 is 0 Å². The first-order chi connectivity index (χ1) is 9.15. The summed E-state index contributed by atoms with van der Waals surface area (Å²) in [7, 11) is 0. The molecule has 2 heterocycles. The van der Waals surface area contributed by atoms with Crippen LogP contribution in [-0.2, 0) is 0 Å². The number of rotatable bonds is 4. The van der Waals surface area contributed by atoms with Crippen molar-refractivity contribution in [3.8, 4) is 10.6 Å². The Kier molecular flexibility index (Phi) is 3.10. The molecule has 1 fully saturated rings. The summed E-state index contributed by atoms with van der Waals surface area (Å²) in [5.41, 5.74) is 0.681. The van der Waals surface area contributed by atoms with Crippen LogP contribution >= 0.6 is 11.3 Å². The highest BCUT2D eigenvalue weighted by Gasteiger charge is 2.25. The second-order valence-corrected chi connectivity index (χ2v) is 6.05. The van der Waals surface area contributed by atoms with Gasteiger partial charge in [0, 0.05) is 18.3 Å². The maximum Gasteiger partial charge on any atom is 0.261 e. The monoisotopic (exact) mass is 276 g/mol. The predicted octanol–water partition coefficient (Wildman–Crippen LogP) is 2.52. The molecule has 0 spiro atoms. The fraction of sp³-hybridized carbons (Fsp3) is 0.462. The van der Waals surface area contributed by atoms with Gasteiger partial charge in [-0.2, -0.15) is 0 Å². The van der Waals surface area contributed by atoms with Crippen LogP contribution in [0.1, 0.15) is 32.7 Å². The van der Waals surface area contributed by atoms with Gasteiger partial charge in [-0.25, -0.2) is 0 Å². The second kappa shape index (κ2) is 4.77. The molecule has 1 aliphatic rings. The van der Waals surface area contributed by atoms with E-state index in [4.69, 9.17) is 0 Å². The van der Waals surface area contributed by atoms with Crippen molar-refractivity contribution in [1.29, 1.82) is 0 Å². The zero-order chi connectivity index (χ0) is 13.4. The van der Waals surface area contributed by atoms with Gasteiger partial charge in [0.05, 0.1) is 5.56 Å². The van der Waals surface area contributed by atoms with E-state index in [-0.39, 0.29) is 5.56 Å². The number of anilines is 1. The lowest BCUT2D eigenvalue weighted by Crippen LogP contribution is -2.19. The van der Waals surface area contributed by atoms with Crippen LogP contribution in [0.5, 0.6) is 0 Å². The van der Waals surface area contributed by atoms with Gasteiger partial charge < -0.3 is 9.88 Å². The molecule has 6 heteroatoms. The Bertz CT molecular complexity index is 642. The van der Waals surface area contributed by atoms with Crippen LogP contribution < -0.4 is 10.9 Å². The van der Waals surface area contributed by atoms with E-state index in [9.17, 15) is 4.79 Å². The van der Waals surface area contributed by atoms with Crippen LogP contribution in [0.15, 0.2) is 23.1 Å². The van der Waals surface area contributed by atoms with Crippen molar-refractivity contribution in [1.82, 2.24) is 14.8 Å². The summed E-state index contributed by atoms with van der Waals surface area (Å²) < 4.78 is 1.81. The minimum atomic E-state index is 0.0391. The molecule has 100 valence electrons. The Morgan fingerprint density at radius 1 is 1.42 bits per heavy atom. The molecule has 0 aliphatic heterocycles. The molecular weight excluding hydrogens is 260 g/mol. The first-order valence-electron chi connectivity index (χ1n) is 6.46. The first kappa shape index (κ1) is 12.3. The van der Waals surface area contributed by atoms with E-state index >= 15 is 0 Å². The SMILES string of the molecule is CC(C)Nc1nnc(-c2cccn(C3CC3)c2=O)s1. The highest BCUT2D eigenvalue weighted by Crippen LogP contribution is 2.34. The molecule has 0 amide bonds. The van der Waals surface area contributed by atoms with E-state index in [2.05, 4.69) is 15.5 Å². The van der Waals surface area contributed by atoms with Crippen molar-refractivity contribution in [2.24, 2.45) is 0 Å². The Hall–Kier alpha value is -1.69. The minimum absolute atomic E-state index is 0.0391. The van der Waals surface area contributed by atoms with Gasteiger partial charge in [0.25, 0.3) is 5.56 Å². The summed E-state index contributed by atoms with van der Waals surface area (Å²) in [6.45, 7) is 4.09. The van der Waals surface area contributed by atoms with Gasteiger partial charge in [-0.1, -0.05) is 11.3 Å². The van der Waals surface area contributed by atoms with Gasteiger partial charge in [-0.3, -0.25) is 4.79 Å². The number of nitrogens with one attached hydrogen (secondary N) is 1. The molecular formula is C13H16N4OS. The molecule has 19 heavy (non-hydrogen) atoms. The Morgan fingerprint density at radius 2 is 2.21 bits per heavy atom. The maximum absolute atomic E-state index is 12.4. The minimum Gasteiger partial charge on any atom is -0.358 e. The van der Waals surface area contributed by atoms with Crippen LogP contribution in [0.2, 0.25) is 0 Å². The summed E-state index contributed by atoms with van der Waals surface area (Å²) in [4.78, 5) is 12.4. The van der Waals surface area contributed by atoms with Gasteiger partial charge in [0.15, 0.2) is 5.01 Å². The van der Waals surface area contributed by atoms with Gasteiger partial charge in [0.1, 0.15) is 0 Å². The second-order valence-electron chi connectivity index (χ2n) is 5.08. The van der Waals surface area contributed by atoms with E-state index in [0.717, 1.165) is 18.0 Å². The van der Waals surface area contributed by atoms with E-state index in [1.165, 1.54) is 11.3 Å². The quantitative estimate of drug-likeness (QED) is 0.932. The molecule has 0 atom stereocenters. The van der Waals surface area contributed by atoms with E-state index in [1.807, 2.05) is 36.7 Å². The lowest BCUT2D eigenvalue weighted by atomic mass is 10.3. The Morgan fingerprint density at radius 3 is 2.89 bits per heavy atom. The largest absolute Gasteiger partial charge is 0.358 e. The van der Waals surface area contributed by atoms with E-state index < -0.39 is 0 Å². The lowest BCUT2D eigenvalue weighted by molar-refractivity contribution is 0.709. The Balaban J connectivity index is 1.95. The molecule has 2 aromatic rings. The van der Waals surface area contributed by atoms with E-state index in [0.29, 0.717) is 22.7 Å². The molecule has 0 saturated heterocycles. The molecule has 3 rings (SSSR count). The highest BCUT2D eigenvalue weighted by atomic mass is 32.1. The standard InChI is InChI=1S/C13H16N4OS/c1-8(2)14-13-16-15-11(19-13)10-4-3-7-17(12(10)18)9-5-6-9/h3-4,7-9H,5-6H2,1-2H3,(H,14,16). The number of hydrogen-bond acceptors (Lipinski definition) is 5. The fourth-order valence-electron chi connectivity index (χ4n) is 1.95. The van der Waals surface area contributed by atoms with Gasteiger partial charge in [-0.15, -0.1) is 10.2 Å². The molecule has 5 nitrogen and oxygen atoms in total. The third kappa shape index (κ3) is 2.53. The number of nitrogens with zero attached hydrogens (tertiary/aromatic N) is 3. The lowest BCUT2D eigenvalue weighted by Gasteiger charge is -2.04. The maximum atomic E-state index is 12.4. The van der Waals surface area contributed by atoms with Crippen molar-refractivity contribution in [2.45, 2.75) is 38.8 Å². The van der Waals surface area contributed by atoms with Crippen LogP contribution in [0.4, 0.5) is 5.13 Å². The zero-order valence-electron chi connectivity index (χ0n) is 11.0. The number of aromatic nitrogens is 3. The molecule has 0 aromatic carbocycles. The van der Waals surface area contributed by atoms with Crippen molar-refractivity contribution >= 4 is 16.5 Å². The summed E-state index contributed by atoms with van der Waals surface area (Å²) in [5, 5.41) is 12.8. The first-order valence-corrected chi connectivity index (χ1v) is 7.28. The topological polar surface area (TPSA) is 59.8 Å². The number of hydrogen-bond donors (Lipinski definition) is 1. The van der Waals surface area contributed by atoms with Crippen LogP contribution in [0.3, 0.4) is 0 Å². The van der Waals surface area contributed by atoms with Crippen molar-refractivity contribution in [3.63, 3.8) is 0 Å². The average molecular weight is 276 g/mol. The van der Waals surface area contributed by atoms with Gasteiger partial charge in [-0.05, 0) is 38.8 Å². The molecule has 0 bridgehead atoms. The predicted molar refractivity (Wildman–Crippen MR) is 76.6 cm³/mol. The van der Waals surface area contributed by atoms with Crippen LogP contribution in [-0.4, -0.2) is 20.8 Å². The number of pyridine rings is 1. The summed E-state index contributed by atoms with van der Waals surface area (Å²) in [6, 6.07) is 4.42. The van der Waals surface area contributed by atoms with Crippen molar-refractivity contribution in [3.05, 3.63) is 28.7 Å². The molecule has 0 radical (unpaired) electrons. The van der Waals surface area contributed by atoms with Crippen LogP contribution in [0, 0.1) is 0 Å². The molecule has 1 aliphatic carbocycles. The van der Waals surface area contributed by atoms with E-state index in [1.54, 1.807) is 0 Å². The smallest absolute Gasteiger partial charge is 0.261 e. The summed E-state index contributed by atoms with van der Waals surface area (Å²) in [6.07, 6.45) is 4.05. The molecule has 0 unspecified atom stereocenters. The zero-order valence-corrected chi connectivity index (χ0v) is 11.8. The van der Waals surface area contributed by atoms with Gasteiger partial charge in [0.2, 0.25) is 5.13 Å². The Labute approximate surface area is 115 Å². The average Bonchev–Trinajstić information content (AvgIpc) is 3.10. The van der Waals surface area contributed by atoms with Crippen molar-refractivity contribution in [2.75, 3.05) is 5.32 Å².